The molecule has 0 radical (unpaired) electrons. The number of nitrogens with zero attached hydrogens (tertiary/aromatic N) is 2. The van der Waals surface area contributed by atoms with Gasteiger partial charge in [-0.3, -0.25) is 19.0 Å². The summed E-state index contributed by atoms with van der Waals surface area (Å²) in [6.07, 6.45) is 0. The summed E-state index contributed by atoms with van der Waals surface area (Å²) in [5.74, 6) is -0.238. The number of hydrogen-bond acceptors (Lipinski definition) is 6. The maximum absolute atomic E-state index is 13.2. The van der Waals surface area contributed by atoms with Crippen molar-refractivity contribution < 1.29 is 14.3 Å². The molecular weight excluding hydrogens is 480 g/mol. The quantitative estimate of drug-likeness (QED) is 0.363. The predicted octanol–water partition coefficient (Wildman–Crippen LogP) is 2.89. The van der Waals surface area contributed by atoms with Gasteiger partial charge in [0.1, 0.15) is 23.5 Å². The molecule has 0 spiro atoms. The van der Waals surface area contributed by atoms with Gasteiger partial charge in [0.15, 0.2) is 0 Å². The van der Waals surface area contributed by atoms with Gasteiger partial charge in [0, 0.05) is 12.2 Å². The Kier molecular flexibility index (Phi) is 7.65. The average molecular weight is 507 g/mol. The highest BCUT2D eigenvalue weighted by Gasteiger charge is 2.18. The highest BCUT2D eigenvalue weighted by molar-refractivity contribution is 7.17. The van der Waals surface area contributed by atoms with Crippen molar-refractivity contribution >= 4 is 39.1 Å². The number of amides is 2. The second-order valence-corrected chi connectivity index (χ2v) is 9.08. The summed E-state index contributed by atoms with van der Waals surface area (Å²) in [5, 5.41) is 7.16. The molecule has 0 atom stereocenters. The molecule has 186 valence electrons. The number of aromatic nitrogens is 2. The number of carbonyl (C=O) groups excluding carboxylic acids is 2. The van der Waals surface area contributed by atoms with Crippen molar-refractivity contribution in [3.8, 4) is 5.75 Å². The molecule has 0 aliphatic rings. The second-order valence-electron chi connectivity index (χ2n) is 8.16. The Morgan fingerprint density at radius 2 is 1.61 bits per heavy atom. The maximum atomic E-state index is 13.2. The van der Waals surface area contributed by atoms with Crippen LogP contribution in [0.5, 0.6) is 5.75 Å². The van der Waals surface area contributed by atoms with Crippen LogP contribution in [0.4, 0.5) is 5.69 Å². The van der Waals surface area contributed by atoms with E-state index in [0.29, 0.717) is 28.3 Å². The molecule has 0 saturated heterocycles. The fourth-order valence-electron chi connectivity index (χ4n) is 3.68. The first kappa shape index (κ1) is 24.9. The topological polar surface area (TPSA) is 111 Å². The zero-order valence-corrected chi connectivity index (χ0v) is 20.8. The molecule has 9 nitrogen and oxygen atoms in total. The fourth-order valence-corrected chi connectivity index (χ4v) is 4.52. The second kappa shape index (κ2) is 11.0. The molecular formula is C26H26N4O5S. The summed E-state index contributed by atoms with van der Waals surface area (Å²) in [5.41, 5.74) is 1.62. The summed E-state index contributed by atoms with van der Waals surface area (Å²) in [4.78, 5) is 51.5. The number of benzene rings is 2. The van der Waals surface area contributed by atoms with Crippen molar-refractivity contribution in [2.24, 2.45) is 0 Å². The van der Waals surface area contributed by atoms with Crippen molar-refractivity contribution in [3.63, 3.8) is 0 Å². The van der Waals surface area contributed by atoms with Crippen LogP contribution >= 0.6 is 11.3 Å². The zero-order chi connectivity index (χ0) is 25.7. The summed E-state index contributed by atoms with van der Waals surface area (Å²) >= 11 is 1.16. The molecule has 2 aromatic heterocycles. The van der Waals surface area contributed by atoms with Crippen LogP contribution in [0.3, 0.4) is 0 Å². The van der Waals surface area contributed by atoms with Crippen molar-refractivity contribution in [1.29, 1.82) is 0 Å². The van der Waals surface area contributed by atoms with Gasteiger partial charge >= 0.3 is 5.69 Å². The molecule has 0 fully saturated rings. The Bertz CT molecular complexity index is 1500. The van der Waals surface area contributed by atoms with E-state index in [9.17, 15) is 19.2 Å². The lowest BCUT2D eigenvalue weighted by Crippen LogP contribution is -2.44. The molecule has 2 amide bonds. The Labute approximate surface area is 211 Å². The summed E-state index contributed by atoms with van der Waals surface area (Å²) in [6.45, 7) is 3.89. The van der Waals surface area contributed by atoms with E-state index in [-0.39, 0.29) is 13.1 Å². The van der Waals surface area contributed by atoms with E-state index < -0.39 is 29.6 Å². The molecule has 0 aliphatic carbocycles. The first-order valence-electron chi connectivity index (χ1n) is 11.4. The maximum Gasteiger partial charge on any atom is 0.332 e. The van der Waals surface area contributed by atoms with Gasteiger partial charge in [-0.05, 0) is 55.1 Å². The van der Waals surface area contributed by atoms with Crippen molar-refractivity contribution in [3.05, 3.63) is 91.9 Å². The van der Waals surface area contributed by atoms with Gasteiger partial charge in [-0.1, -0.05) is 29.8 Å². The van der Waals surface area contributed by atoms with Crippen LogP contribution in [0.1, 0.15) is 18.1 Å². The third-order valence-electron chi connectivity index (χ3n) is 5.50. The molecule has 2 N–H and O–H groups in total. The van der Waals surface area contributed by atoms with Crippen molar-refractivity contribution in [1.82, 2.24) is 14.5 Å². The van der Waals surface area contributed by atoms with Gasteiger partial charge in [0.25, 0.3) is 5.56 Å². The van der Waals surface area contributed by atoms with Gasteiger partial charge in [0.2, 0.25) is 11.8 Å². The SMILES string of the molecule is CCOc1ccc(NC(=O)Cn2c(=O)n(CC(=O)NCc3ccc(C)cc3)c(=O)c3sccc32)cc1. The average Bonchev–Trinajstić information content (AvgIpc) is 3.36. The highest BCUT2D eigenvalue weighted by Crippen LogP contribution is 2.17. The Hall–Kier alpha value is -4.18. The third kappa shape index (κ3) is 5.72. The molecule has 0 unspecified atom stereocenters. The van der Waals surface area contributed by atoms with Crippen LogP contribution in [-0.2, 0) is 29.2 Å². The Morgan fingerprint density at radius 3 is 2.31 bits per heavy atom. The number of hydrogen-bond donors (Lipinski definition) is 2. The van der Waals surface area contributed by atoms with Gasteiger partial charge in [-0.15, -0.1) is 11.3 Å². The summed E-state index contributed by atoms with van der Waals surface area (Å²) in [7, 11) is 0. The van der Waals surface area contributed by atoms with E-state index in [0.717, 1.165) is 27.0 Å². The zero-order valence-electron chi connectivity index (χ0n) is 19.9. The molecule has 4 aromatic rings. The monoisotopic (exact) mass is 506 g/mol. The summed E-state index contributed by atoms with van der Waals surface area (Å²) < 4.78 is 7.78. The fraction of sp³-hybridized carbons (Fsp3) is 0.231. The predicted molar refractivity (Wildman–Crippen MR) is 140 cm³/mol. The van der Waals surface area contributed by atoms with Crippen LogP contribution < -0.4 is 26.6 Å². The highest BCUT2D eigenvalue weighted by atomic mass is 32.1. The number of carbonyl (C=O) groups is 2. The van der Waals surface area contributed by atoms with Crippen LogP contribution in [0.15, 0.2) is 69.6 Å². The standard InChI is InChI=1S/C26H26N4O5S/c1-3-35-20-10-8-19(9-11-20)28-23(32)16-29-21-12-13-36-24(21)25(33)30(26(29)34)15-22(31)27-14-18-6-4-17(2)5-7-18/h4-13H,3,14-16H2,1-2H3,(H,27,31)(H,28,32). The van der Waals surface area contributed by atoms with Crippen LogP contribution in [-0.4, -0.2) is 27.6 Å². The molecule has 2 aromatic carbocycles. The minimum absolute atomic E-state index is 0.272. The van der Waals surface area contributed by atoms with Crippen LogP contribution in [0.25, 0.3) is 10.2 Å². The lowest BCUT2D eigenvalue weighted by molar-refractivity contribution is -0.122. The number of rotatable bonds is 9. The largest absolute Gasteiger partial charge is 0.494 e. The van der Waals surface area contributed by atoms with Gasteiger partial charge in [0.05, 0.1) is 12.1 Å². The lowest BCUT2D eigenvalue weighted by Gasteiger charge is -2.13. The van der Waals surface area contributed by atoms with Crippen molar-refractivity contribution in [2.75, 3.05) is 11.9 Å². The number of fused-ring (bicyclic) bond motifs is 1. The molecule has 10 heteroatoms. The van der Waals surface area contributed by atoms with Crippen LogP contribution in [0.2, 0.25) is 0 Å². The number of ether oxygens (including phenoxy) is 1. The van der Waals surface area contributed by atoms with E-state index in [4.69, 9.17) is 4.74 Å². The third-order valence-corrected chi connectivity index (χ3v) is 6.39. The first-order chi connectivity index (χ1) is 17.4. The van der Waals surface area contributed by atoms with Crippen molar-refractivity contribution in [2.45, 2.75) is 33.5 Å². The van der Waals surface area contributed by atoms with Gasteiger partial charge in [-0.25, -0.2) is 9.36 Å². The van der Waals surface area contributed by atoms with E-state index in [1.807, 2.05) is 38.1 Å². The van der Waals surface area contributed by atoms with E-state index >= 15 is 0 Å². The number of aryl methyl sites for hydroxylation is 1. The lowest BCUT2D eigenvalue weighted by atomic mass is 10.1. The molecule has 36 heavy (non-hydrogen) atoms. The smallest absolute Gasteiger partial charge is 0.332 e. The molecule has 0 bridgehead atoms. The summed E-state index contributed by atoms with van der Waals surface area (Å²) in [6, 6.07) is 16.2. The Morgan fingerprint density at radius 1 is 0.917 bits per heavy atom. The normalized spacial score (nSPS) is 10.8. The minimum Gasteiger partial charge on any atom is -0.494 e. The number of thiophene rings is 1. The molecule has 4 rings (SSSR count). The molecule has 0 aliphatic heterocycles. The van der Waals surface area contributed by atoms with Crippen LogP contribution in [0, 0.1) is 6.92 Å². The molecule has 2 heterocycles. The van der Waals surface area contributed by atoms with Gasteiger partial charge < -0.3 is 15.4 Å². The number of nitrogens with one attached hydrogen (secondary N) is 2. The van der Waals surface area contributed by atoms with E-state index in [1.54, 1.807) is 35.7 Å². The molecule has 0 saturated carbocycles. The number of anilines is 1. The van der Waals surface area contributed by atoms with Gasteiger partial charge in [-0.2, -0.15) is 0 Å². The Balaban J connectivity index is 1.52. The van der Waals surface area contributed by atoms with E-state index in [1.165, 1.54) is 4.57 Å². The minimum atomic E-state index is -0.724. The van der Waals surface area contributed by atoms with E-state index in [2.05, 4.69) is 10.6 Å². The first-order valence-corrected chi connectivity index (χ1v) is 12.3.